The summed E-state index contributed by atoms with van der Waals surface area (Å²) in [7, 11) is 5.96. The number of ether oxygens (including phenoxy) is 1. The van der Waals surface area contributed by atoms with E-state index in [9.17, 15) is 0 Å². The van der Waals surface area contributed by atoms with E-state index in [1.807, 2.05) is 19.2 Å². The Bertz CT molecular complexity index is 535. The number of halogens is 1. The Morgan fingerprint density at radius 2 is 1.88 bits per heavy atom. The molecule has 2 rings (SSSR count). The maximum absolute atomic E-state index is 5.76. The van der Waals surface area contributed by atoms with Crippen LogP contribution in [-0.4, -0.2) is 51.2 Å². The third kappa shape index (κ3) is 8.58. The molecule has 1 aliphatic carbocycles. The number of rotatable bonds is 8. The number of nitrogens with one attached hydrogen (secondary N) is 2. The van der Waals surface area contributed by atoms with E-state index in [2.05, 4.69) is 58.9 Å². The van der Waals surface area contributed by atoms with Crippen molar-refractivity contribution >= 4 is 29.9 Å². The summed E-state index contributed by atoms with van der Waals surface area (Å²) in [5.41, 5.74) is 1.21. The number of hydrogen-bond donors (Lipinski definition) is 2. The van der Waals surface area contributed by atoms with Crippen molar-refractivity contribution < 1.29 is 4.74 Å². The van der Waals surface area contributed by atoms with Crippen LogP contribution in [-0.2, 0) is 6.54 Å². The number of benzene rings is 1. The van der Waals surface area contributed by atoms with E-state index in [1.165, 1.54) is 5.56 Å². The van der Waals surface area contributed by atoms with Crippen molar-refractivity contribution in [1.29, 1.82) is 0 Å². The SMILES string of the molecule is CN=C(NCc1ccc(OCCCN(C)C)cc1)NC1CC=CC1.I. The minimum absolute atomic E-state index is 0. The first-order valence-electron chi connectivity index (χ1n) is 8.66. The highest BCUT2D eigenvalue weighted by Gasteiger charge is 2.11. The number of nitrogens with zero attached hydrogens (tertiary/aromatic N) is 2. The van der Waals surface area contributed by atoms with Crippen molar-refractivity contribution in [1.82, 2.24) is 15.5 Å². The summed E-state index contributed by atoms with van der Waals surface area (Å²) < 4.78 is 5.76. The first-order chi connectivity index (χ1) is 11.7. The third-order valence-corrected chi connectivity index (χ3v) is 3.97. The Morgan fingerprint density at radius 3 is 2.48 bits per heavy atom. The Hall–Kier alpha value is -1.28. The highest BCUT2D eigenvalue weighted by Crippen LogP contribution is 2.13. The van der Waals surface area contributed by atoms with Gasteiger partial charge in [0.05, 0.1) is 6.61 Å². The number of guanidine groups is 1. The molecule has 0 unspecified atom stereocenters. The van der Waals surface area contributed by atoms with Crippen LogP contribution in [0.2, 0.25) is 0 Å². The molecule has 0 fully saturated rings. The van der Waals surface area contributed by atoms with Gasteiger partial charge in [-0.2, -0.15) is 0 Å². The lowest BCUT2D eigenvalue weighted by Gasteiger charge is -2.17. The Morgan fingerprint density at radius 1 is 1.20 bits per heavy atom. The van der Waals surface area contributed by atoms with Crippen LogP contribution in [0.3, 0.4) is 0 Å². The summed E-state index contributed by atoms with van der Waals surface area (Å²) in [6.07, 6.45) is 7.60. The van der Waals surface area contributed by atoms with Crippen molar-refractivity contribution in [2.75, 3.05) is 34.3 Å². The van der Waals surface area contributed by atoms with Crippen molar-refractivity contribution in [3.05, 3.63) is 42.0 Å². The normalized spacial score (nSPS) is 14.5. The standard InChI is InChI=1S/C19H30N4O.HI/c1-20-19(22-17-7-4-5-8-17)21-15-16-9-11-18(12-10-16)24-14-6-13-23(2)3;/h4-5,9-12,17H,6-8,13-15H2,1-3H3,(H2,20,21,22);1H. The lowest BCUT2D eigenvalue weighted by atomic mass is 10.2. The van der Waals surface area contributed by atoms with Gasteiger partial charge in [0, 0.05) is 26.2 Å². The Balaban J connectivity index is 0.00000312. The first kappa shape index (κ1) is 21.8. The third-order valence-electron chi connectivity index (χ3n) is 3.97. The van der Waals surface area contributed by atoms with Crippen LogP contribution in [0.15, 0.2) is 41.4 Å². The van der Waals surface area contributed by atoms with Crippen LogP contribution >= 0.6 is 24.0 Å². The molecule has 25 heavy (non-hydrogen) atoms. The molecule has 0 saturated carbocycles. The van der Waals surface area contributed by atoms with Gasteiger partial charge in [0.2, 0.25) is 0 Å². The Kier molecular flexibility index (Phi) is 10.6. The second kappa shape index (κ2) is 12.1. The number of aliphatic imine (C=N–C) groups is 1. The molecule has 0 bridgehead atoms. The molecule has 1 aromatic rings. The van der Waals surface area contributed by atoms with Gasteiger partial charge in [-0.15, -0.1) is 24.0 Å². The minimum Gasteiger partial charge on any atom is -0.494 e. The molecule has 1 aromatic carbocycles. The van der Waals surface area contributed by atoms with Crippen LogP contribution in [0, 0.1) is 0 Å². The van der Waals surface area contributed by atoms with Crippen molar-refractivity contribution in [3.63, 3.8) is 0 Å². The summed E-state index contributed by atoms with van der Waals surface area (Å²) in [6, 6.07) is 8.72. The zero-order valence-electron chi connectivity index (χ0n) is 15.5. The van der Waals surface area contributed by atoms with Gasteiger partial charge in [-0.1, -0.05) is 24.3 Å². The molecule has 2 N–H and O–H groups in total. The lowest BCUT2D eigenvalue weighted by molar-refractivity contribution is 0.281. The second-order valence-electron chi connectivity index (χ2n) is 6.36. The van der Waals surface area contributed by atoms with Crippen LogP contribution in [0.5, 0.6) is 5.75 Å². The lowest BCUT2D eigenvalue weighted by Crippen LogP contribution is -2.42. The fourth-order valence-electron chi connectivity index (χ4n) is 2.58. The second-order valence-corrected chi connectivity index (χ2v) is 6.36. The van der Waals surface area contributed by atoms with Gasteiger partial charge in [0.15, 0.2) is 5.96 Å². The zero-order chi connectivity index (χ0) is 17.2. The molecule has 140 valence electrons. The zero-order valence-corrected chi connectivity index (χ0v) is 17.8. The fraction of sp³-hybridized carbons (Fsp3) is 0.526. The average molecular weight is 458 g/mol. The predicted molar refractivity (Wildman–Crippen MR) is 116 cm³/mol. The summed E-state index contributed by atoms with van der Waals surface area (Å²) in [5.74, 6) is 1.78. The molecule has 0 atom stereocenters. The summed E-state index contributed by atoms with van der Waals surface area (Å²) >= 11 is 0. The molecule has 0 radical (unpaired) electrons. The highest BCUT2D eigenvalue weighted by atomic mass is 127. The molecular weight excluding hydrogens is 427 g/mol. The van der Waals surface area contributed by atoms with E-state index in [-0.39, 0.29) is 24.0 Å². The summed E-state index contributed by atoms with van der Waals surface area (Å²) in [6.45, 7) is 2.55. The van der Waals surface area contributed by atoms with Gasteiger partial charge in [0.25, 0.3) is 0 Å². The van der Waals surface area contributed by atoms with Gasteiger partial charge >= 0.3 is 0 Å². The van der Waals surface area contributed by atoms with E-state index in [4.69, 9.17) is 4.74 Å². The Labute approximate surface area is 168 Å². The molecule has 0 saturated heterocycles. The van der Waals surface area contributed by atoms with Gasteiger partial charge < -0.3 is 20.3 Å². The quantitative estimate of drug-likeness (QED) is 0.207. The van der Waals surface area contributed by atoms with Gasteiger partial charge in [-0.3, -0.25) is 4.99 Å². The van der Waals surface area contributed by atoms with Crippen molar-refractivity contribution in [2.45, 2.75) is 31.8 Å². The molecule has 0 aromatic heterocycles. The minimum atomic E-state index is 0. The number of hydrogen-bond acceptors (Lipinski definition) is 3. The molecule has 1 aliphatic rings. The highest BCUT2D eigenvalue weighted by molar-refractivity contribution is 14.0. The summed E-state index contributed by atoms with van der Waals surface area (Å²) in [4.78, 5) is 6.45. The predicted octanol–water partition coefficient (Wildman–Crippen LogP) is 3.02. The largest absolute Gasteiger partial charge is 0.494 e. The van der Waals surface area contributed by atoms with E-state index in [0.29, 0.717) is 6.04 Å². The van der Waals surface area contributed by atoms with Crippen LogP contribution in [0.4, 0.5) is 0 Å². The summed E-state index contributed by atoms with van der Waals surface area (Å²) in [5, 5.41) is 6.80. The maximum Gasteiger partial charge on any atom is 0.191 e. The van der Waals surface area contributed by atoms with Gasteiger partial charge in [-0.25, -0.2) is 0 Å². The van der Waals surface area contributed by atoms with Crippen molar-refractivity contribution in [2.24, 2.45) is 4.99 Å². The molecule has 6 heteroatoms. The molecule has 0 heterocycles. The molecular formula is C19H31IN4O. The smallest absolute Gasteiger partial charge is 0.191 e. The first-order valence-corrected chi connectivity index (χ1v) is 8.66. The molecule has 0 spiro atoms. The van der Waals surface area contributed by atoms with Gasteiger partial charge in [-0.05, 0) is 51.1 Å². The average Bonchev–Trinajstić information content (AvgIpc) is 3.09. The van der Waals surface area contributed by atoms with Crippen LogP contribution in [0.25, 0.3) is 0 Å². The van der Waals surface area contributed by atoms with E-state index < -0.39 is 0 Å². The van der Waals surface area contributed by atoms with Crippen molar-refractivity contribution in [3.8, 4) is 5.75 Å². The maximum atomic E-state index is 5.76. The molecule has 0 aliphatic heterocycles. The van der Waals surface area contributed by atoms with Crippen LogP contribution in [0.1, 0.15) is 24.8 Å². The van der Waals surface area contributed by atoms with Gasteiger partial charge in [0.1, 0.15) is 5.75 Å². The fourth-order valence-corrected chi connectivity index (χ4v) is 2.58. The van der Waals surface area contributed by atoms with Crippen LogP contribution < -0.4 is 15.4 Å². The van der Waals surface area contributed by atoms with E-state index >= 15 is 0 Å². The molecule has 0 amide bonds. The molecule has 5 nitrogen and oxygen atoms in total. The van der Waals surface area contributed by atoms with E-state index in [1.54, 1.807) is 0 Å². The topological polar surface area (TPSA) is 48.9 Å². The van der Waals surface area contributed by atoms with E-state index in [0.717, 1.165) is 50.7 Å². The monoisotopic (exact) mass is 458 g/mol.